The molecule has 1 aromatic rings. The molecule has 0 bridgehead atoms. The van der Waals surface area contributed by atoms with Crippen LogP contribution in [0.5, 0.6) is 0 Å². The summed E-state index contributed by atoms with van der Waals surface area (Å²) in [5, 5.41) is 0. The van der Waals surface area contributed by atoms with Crippen molar-refractivity contribution in [3.8, 4) is 0 Å². The van der Waals surface area contributed by atoms with Crippen LogP contribution < -0.4 is 10.5 Å². The Labute approximate surface area is 108 Å². The van der Waals surface area contributed by atoms with E-state index in [1.165, 1.54) is 25.7 Å². The second-order valence-electron chi connectivity index (χ2n) is 5.07. The Morgan fingerprint density at radius 2 is 2.00 bits per heavy atom. The van der Waals surface area contributed by atoms with Crippen molar-refractivity contribution in [2.45, 2.75) is 51.9 Å². The lowest BCUT2D eigenvalue weighted by molar-refractivity contribution is 0.726. The number of anilines is 1. The van der Waals surface area contributed by atoms with Crippen LogP contribution in [0, 0.1) is 0 Å². The van der Waals surface area contributed by atoms with Gasteiger partial charge in [-0.2, -0.15) is 0 Å². The first-order valence-electron chi connectivity index (χ1n) is 7.15. The molecule has 18 heavy (non-hydrogen) atoms. The maximum Gasteiger partial charge on any atom is 0.252 e. The number of rotatable bonds is 4. The maximum atomic E-state index is 11.7. The van der Waals surface area contributed by atoms with Gasteiger partial charge in [0.25, 0.3) is 5.56 Å². The van der Waals surface area contributed by atoms with E-state index in [2.05, 4.69) is 21.8 Å². The van der Waals surface area contributed by atoms with Crippen molar-refractivity contribution in [1.82, 2.24) is 9.97 Å². The zero-order chi connectivity index (χ0) is 12.8. The van der Waals surface area contributed by atoms with Crippen LogP contribution in [0.4, 0.5) is 5.95 Å². The molecule has 4 nitrogen and oxygen atoms in total. The fourth-order valence-corrected chi connectivity index (χ4v) is 2.41. The smallest absolute Gasteiger partial charge is 0.252 e. The average molecular weight is 249 g/mol. The van der Waals surface area contributed by atoms with Gasteiger partial charge in [-0.05, 0) is 25.7 Å². The minimum Gasteiger partial charge on any atom is -0.342 e. The van der Waals surface area contributed by atoms with Crippen LogP contribution in [0.1, 0.15) is 51.1 Å². The lowest BCUT2D eigenvalue weighted by Gasteiger charge is -2.20. The number of aromatic nitrogens is 2. The normalized spacial score (nSPS) is 16.6. The molecular formula is C14H23N3O. The van der Waals surface area contributed by atoms with E-state index in [0.29, 0.717) is 0 Å². The third-order valence-electron chi connectivity index (χ3n) is 3.47. The number of nitrogens with one attached hydrogen (secondary N) is 1. The van der Waals surface area contributed by atoms with Gasteiger partial charge >= 0.3 is 0 Å². The van der Waals surface area contributed by atoms with Crippen LogP contribution in [0.3, 0.4) is 0 Å². The molecule has 2 rings (SSSR count). The van der Waals surface area contributed by atoms with Crippen LogP contribution in [0.25, 0.3) is 0 Å². The van der Waals surface area contributed by atoms with E-state index in [4.69, 9.17) is 0 Å². The van der Waals surface area contributed by atoms with Gasteiger partial charge in [0.2, 0.25) is 5.95 Å². The molecule has 2 heterocycles. The zero-order valence-electron chi connectivity index (χ0n) is 11.2. The Bertz CT molecular complexity index is 419. The van der Waals surface area contributed by atoms with Gasteiger partial charge in [0, 0.05) is 24.8 Å². The van der Waals surface area contributed by atoms with Crippen molar-refractivity contribution >= 4 is 5.95 Å². The van der Waals surface area contributed by atoms with Crippen molar-refractivity contribution in [3.63, 3.8) is 0 Å². The first-order chi connectivity index (χ1) is 8.79. The number of hydrogen-bond acceptors (Lipinski definition) is 3. The Morgan fingerprint density at radius 3 is 2.67 bits per heavy atom. The van der Waals surface area contributed by atoms with E-state index >= 15 is 0 Å². The van der Waals surface area contributed by atoms with E-state index in [9.17, 15) is 4.79 Å². The Morgan fingerprint density at radius 1 is 1.28 bits per heavy atom. The van der Waals surface area contributed by atoms with Crippen molar-refractivity contribution in [2.75, 3.05) is 18.0 Å². The quantitative estimate of drug-likeness (QED) is 0.892. The summed E-state index contributed by atoms with van der Waals surface area (Å²) in [4.78, 5) is 21.4. The highest BCUT2D eigenvalue weighted by molar-refractivity contribution is 5.30. The summed E-state index contributed by atoms with van der Waals surface area (Å²) < 4.78 is 0. The number of H-pyrrole nitrogens is 1. The molecule has 100 valence electrons. The molecule has 1 saturated heterocycles. The van der Waals surface area contributed by atoms with E-state index in [1.807, 2.05) is 0 Å². The van der Waals surface area contributed by atoms with Gasteiger partial charge in [0.15, 0.2) is 0 Å². The monoisotopic (exact) mass is 249 g/mol. The summed E-state index contributed by atoms with van der Waals surface area (Å²) >= 11 is 0. The first-order valence-corrected chi connectivity index (χ1v) is 7.15. The molecule has 0 aliphatic carbocycles. The number of aromatic amines is 1. The molecule has 4 heteroatoms. The third kappa shape index (κ3) is 3.59. The predicted octanol–water partition coefficient (Wildman–Crippen LogP) is 2.49. The summed E-state index contributed by atoms with van der Waals surface area (Å²) in [6.07, 6.45) is 8.10. The Hall–Kier alpha value is -1.32. The van der Waals surface area contributed by atoms with Gasteiger partial charge in [-0.3, -0.25) is 9.78 Å². The van der Waals surface area contributed by atoms with Crippen molar-refractivity contribution in [3.05, 3.63) is 22.1 Å². The number of hydrogen-bond donors (Lipinski definition) is 1. The highest BCUT2D eigenvalue weighted by Gasteiger charge is 2.12. The Balaban J connectivity index is 2.15. The molecule has 0 saturated carbocycles. The van der Waals surface area contributed by atoms with E-state index in [1.54, 1.807) is 6.07 Å². The largest absolute Gasteiger partial charge is 0.342 e. The van der Waals surface area contributed by atoms with E-state index < -0.39 is 0 Å². The van der Waals surface area contributed by atoms with Crippen LogP contribution in [-0.4, -0.2) is 23.1 Å². The predicted molar refractivity (Wildman–Crippen MR) is 74.2 cm³/mol. The lowest BCUT2D eigenvalue weighted by Crippen LogP contribution is -2.28. The number of nitrogens with zero attached hydrogens (tertiary/aromatic N) is 2. The molecular weight excluding hydrogens is 226 g/mol. The van der Waals surface area contributed by atoms with E-state index in [-0.39, 0.29) is 5.56 Å². The topological polar surface area (TPSA) is 49.0 Å². The minimum absolute atomic E-state index is 0.0182. The van der Waals surface area contributed by atoms with Gasteiger partial charge in [-0.25, -0.2) is 4.98 Å². The summed E-state index contributed by atoms with van der Waals surface area (Å²) in [6.45, 7) is 4.18. The van der Waals surface area contributed by atoms with Crippen LogP contribution in [0.15, 0.2) is 10.9 Å². The van der Waals surface area contributed by atoms with Gasteiger partial charge in [-0.15, -0.1) is 0 Å². The van der Waals surface area contributed by atoms with Crippen LogP contribution >= 0.6 is 0 Å². The Kier molecular flexibility index (Phi) is 4.79. The molecule has 1 fully saturated rings. The SMILES string of the molecule is CCCCc1cc(=O)[nH]c(N2CCCCCC2)n1. The molecule has 1 aliphatic heterocycles. The molecule has 0 unspecified atom stereocenters. The fourth-order valence-electron chi connectivity index (χ4n) is 2.41. The minimum atomic E-state index is -0.0182. The summed E-state index contributed by atoms with van der Waals surface area (Å²) in [6, 6.07) is 1.64. The summed E-state index contributed by atoms with van der Waals surface area (Å²) in [7, 11) is 0. The highest BCUT2D eigenvalue weighted by Crippen LogP contribution is 2.15. The van der Waals surface area contributed by atoms with Crippen molar-refractivity contribution in [1.29, 1.82) is 0 Å². The first kappa shape index (κ1) is 13.1. The number of unbranched alkanes of at least 4 members (excludes halogenated alkanes) is 1. The lowest BCUT2D eigenvalue weighted by atomic mass is 10.2. The molecule has 0 amide bonds. The molecule has 0 aromatic carbocycles. The van der Waals surface area contributed by atoms with E-state index in [0.717, 1.165) is 44.0 Å². The molecule has 0 atom stereocenters. The van der Waals surface area contributed by atoms with Gasteiger partial charge in [0.1, 0.15) is 0 Å². The molecule has 1 N–H and O–H groups in total. The average Bonchev–Trinajstić information content (AvgIpc) is 2.64. The molecule has 0 radical (unpaired) electrons. The van der Waals surface area contributed by atoms with Crippen LogP contribution in [0.2, 0.25) is 0 Å². The van der Waals surface area contributed by atoms with Gasteiger partial charge in [-0.1, -0.05) is 26.2 Å². The molecule has 1 aliphatic rings. The van der Waals surface area contributed by atoms with Crippen LogP contribution in [-0.2, 0) is 6.42 Å². The zero-order valence-corrected chi connectivity index (χ0v) is 11.2. The second kappa shape index (κ2) is 6.57. The fraction of sp³-hybridized carbons (Fsp3) is 0.714. The highest BCUT2D eigenvalue weighted by atomic mass is 16.1. The second-order valence-corrected chi connectivity index (χ2v) is 5.07. The van der Waals surface area contributed by atoms with Crippen molar-refractivity contribution in [2.24, 2.45) is 0 Å². The standard InChI is InChI=1S/C14H23N3O/c1-2-3-8-12-11-13(18)16-14(15-12)17-9-6-4-5-7-10-17/h11H,2-10H2,1H3,(H,15,16,18). The maximum absolute atomic E-state index is 11.7. The van der Waals surface area contributed by atoms with Gasteiger partial charge < -0.3 is 4.90 Å². The summed E-state index contributed by atoms with van der Waals surface area (Å²) in [5.74, 6) is 0.774. The number of aryl methyl sites for hydroxylation is 1. The van der Waals surface area contributed by atoms with Gasteiger partial charge in [0.05, 0.1) is 0 Å². The third-order valence-corrected chi connectivity index (χ3v) is 3.47. The van der Waals surface area contributed by atoms with Crippen molar-refractivity contribution < 1.29 is 0 Å². The summed E-state index contributed by atoms with van der Waals surface area (Å²) in [5.41, 5.74) is 0.912. The molecule has 0 spiro atoms. The molecule has 1 aromatic heterocycles.